The molecule has 2 aromatic carbocycles. The molecule has 0 saturated heterocycles. The molecule has 0 bridgehead atoms. The lowest BCUT2D eigenvalue weighted by molar-refractivity contribution is -0.105. The molecule has 2 N–H and O–H groups in total. The Hall–Kier alpha value is -2.38. The maximum absolute atomic E-state index is 11.4. The van der Waals surface area contributed by atoms with Crippen molar-refractivity contribution in [2.45, 2.75) is 42.9 Å². The summed E-state index contributed by atoms with van der Waals surface area (Å²) in [6, 6.07) is 11.5. The van der Waals surface area contributed by atoms with E-state index < -0.39 is 10.1 Å². The molecule has 6 nitrogen and oxygen atoms in total. The zero-order valence-electron chi connectivity index (χ0n) is 14.2. The number of anilines is 1. The van der Waals surface area contributed by atoms with E-state index in [9.17, 15) is 17.8 Å². The fraction of sp³-hybridized carbons (Fsp3) is 0.316. The molecular weight excluding hydrogens is 354 g/mol. The first-order chi connectivity index (χ1) is 12.5. The van der Waals surface area contributed by atoms with Gasteiger partial charge in [0, 0.05) is 6.07 Å². The second-order valence-electron chi connectivity index (χ2n) is 6.37. The number of benzene rings is 2. The highest BCUT2D eigenvalue weighted by Crippen LogP contribution is 2.40. The Bertz CT molecular complexity index is 889. The molecule has 138 valence electrons. The molecule has 0 aromatic heterocycles. The molecule has 1 fully saturated rings. The van der Waals surface area contributed by atoms with Crippen LogP contribution in [0.15, 0.2) is 47.4 Å². The number of rotatable bonds is 6. The number of para-hydroxylation sites is 1. The van der Waals surface area contributed by atoms with E-state index in [2.05, 4.69) is 5.32 Å². The number of hydrogen-bond acceptors (Lipinski definition) is 4. The molecule has 0 atom stereocenters. The van der Waals surface area contributed by atoms with Crippen molar-refractivity contribution in [3.8, 4) is 11.5 Å². The van der Waals surface area contributed by atoms with Crippen molar-refractivity contribution in [2.75, 3.05) is 5.32 Å². The summed E-state index contributed by atoms with van der Waals surface area (Å²) in [6.07, 6.45) is 6.26. The van der Waals surface area contributed by atoms with Crippen LogP contribution in [0.2, 0.25) is 0 Å². The minimum atomic E-state index is -4.38. The second-order valence-corrected chi connectivity index (χ2v) is 7.79. The third-order valence-electron chi connectivity index (χ3n) is 4.65. The van der Waals surface area contributed by atoms with Crippen molar-refractivity contribution in [1.82, 2.24) is 0 Å². The van der Waals surface area contributed by atoms with Crippen LogP contribution in [0.4, 0.5) is 5.69 Å². The van der Waals surface area contributed by atoms with Gasteiger partial charge in [0.15, 0.2) is 5.75 Å². The molecule has 0 radical (unpaired) electrons. The maximum Gasteiger partial charge on any atom is 0.294 e. The van der Waals surface area contributed by atoms with Gasteiger partial charge in [0.25, 0.3) is 10.1 Å². The summed E-state index contributed by atoms with van der Waals surface area (Å²) in [7, 11) is -4.38. The average molecular weight is 375 g/mol. The molecule has 0 spiro atoms. The summed E-state index contributed by atoms with van der Waals surface area (Å²) in [4.78, 5) is 10.5. The number of ether oxygens (including phenoxy) is 1. The van der Waals surface area contributed by atoms with Gasteiger partial charge in [0.05, 0.1) is 10.6 Å². The molecule has 1 aliphatic carbocycles. The minimum absolute atomic E-state index is 0.162. The SMILES string of the molecule is O=CNc1ccc(S(=O)(=O)O)cc1Oc1ccccc1C1CCCCC1. The van der Waals surface area contributed by atoms with Gasteiger partial charge in [-0.2, -0.15) is 8.42 Å². The largest absolute Gasteiger partial charge is 0.455 e. The summed E-state index contributed by atoms with van der Waals surface area (Å²) in [5.74, 6) is 1.18. The van der Waals surface area contributed by atoms with Crippen LogP contribution in [0.1, 0.15) is 43.6 Å². The highest BCUT2D eigenvalue weighted by atomic mass is 32.2. The van der Waals surface area contributed by atoms with Gasteiger partial charge >= 0.3 is 0 Å². The number of amides is 1. The summed E-state index contributed by atoms with van der Waals surface area (Å²) >= 11 is 0. The first-order valence-electron chi connectivity index (χ1n) is 8.57. The summed E-state index contributed by atoms with van der Waals surface area (Å²) in [5, 5.41) is 2.49. The normalized spacial score (nSPS) is 15.4. The van der Waals surface area contributed by atoms with Gasteiger partial charge in [-0.1, -0.05) is 37.5 Å². The van der Waals surface area contributed by atoms with Gasteiger partial charge in [0.2, 0.25) is 6.41 Å². The topological polar surface area (TPSA) is 92.7 Å². The fourth-order valence-corrected chi connectivity index (χ4v) is 3.87. The van der Waals surface area contributed by atoms with E-state index in [0.29, 0.717) is 23.8 Å². The molecule has 26 heavy (non-hydrogen) atoms. The van der Waals surface area contributed by atoms with Crippen molar-refractivity contribution in [1.29, 1.82) is 0 Å². The van der Waals surface area contributed by atoms with E-state index in [1.54, 1.807) is 0 Å². The molecule has 2 aromatic rings. The van der Waals surface area contributed by atoms with E-state index in [-0.39, 0.29) is 10.6 Å². The van der Waals surface area contributed by atoms with Gasteiger partial charge < -0.3 is 10.1 Å². The van der Waals surface area contributed by atoms with E-state index in [4.69, 9.17) is 4.74 Å². The van der Waals surface area contributed by atoms with E-state index in [1.165, 1.54) is 37.5 Å². The van der Waals surface area contributed by atoms with Crippen LogP contribution in [-0.4, -0.2) is 19.4 Å². The lowest BCUT2D eigenvalue weighted by Gasteiger charge is -2.24. The zero-order chi connectivity index (χ0) is 18.6. The molecule has 1 aliphatic rings. The van der Waals surface area contributed by atoms with Gasteiger partial charge in [0.1, 0.15) is 5.75 Å². The molecule has 0 unspecified atom stereocenters. The number of carbonyl (C=O) groups is 1. The third kappa shape index (κ3) is 4.23. The summed E-state index contributed by atoms with van der Waals surface area (Å²) in [5.41, 5.74) is 1.40. The van der Waals surface area contributed by atoms with Crippen LogP contribution >= 0.6 is 0 Å². The summed E-state index contributed by atoms with van der Waals surface area (Å²) in [6.45, 7) is 0. The van der Waals surface area contributed by atoms with E-state index in [1.807, 2.05) is 24.3 Å². The Morgan fingerprint density at radius 2 is 1.77 bits per heavy atom. The van der Waals surface area contributed by atoms with Crippen molar-refractivity contribution in [3.05, 3.63) is 48.0 Å². The molecule has 1 saturated carbocycles. The molecular formula is C19H21NO5S. The van der Waals surface area contributed by atoms with Crippen molar-refractivity contribution >= 4 is 22.2 Å². The molecule has 0 aliphatic heterocycles. The number of hydrogen-bond donors (Lipinski definition) is 2. The number of carbonyl (C=O) groups excluding carboxylic acids is 1. The average Bonchev–Trinajstić information content (AvgIpc) is 2.64. The van der Waals surface area contributed by atoms with Crippen LogP contribution in [0.25, 0.3) is 0 Å². The highest BCUT2D eigenvalue weighted by Gasteiger charge is 2.20. The van der Waals surface area contributed by atoms with Crippen LogP contribution in [0.3, 0.4) is 0 Å². The molecule has 7 heteroatoms. The first kappa shape index (κ1) is 18.4. The van der Waals surface area contributed by atoms with Crippen LogP contribution in [0.5, 0.6) is 11.5 Å². The fourth-order valence-electron chi connectivity index (χ4n) is 3.37. The van der Waals surface area contributed by atoms with E-state index in [0.717, 1.165) is 18.4 Å². The van der Waals surface area contributed by atoms with Crippen molar-refractivity contribution in [2.24, 2.45) is 0 Å². The second kappa shape index (κ2) is 7.88. The highest BCUT2D eigenvalue weighted by molar-refractivity contribution is 7.85. The zero-order valence-corrected chi connectivity index (χ0v) is 15.0. The van der Waals surface area contributed by atoms with Crippen molar-refractivity contribution in [3.63, 3.8) is 0 Å². The number of nitrogens with one attached hydrogen (secondary N) is 1. The third-order valence-corrected chi connectivity index (χ3v) is 5.50. The van der Waals surface area contributed by atoms with Crippen molar-refractivity contribution < 1.29 is 22.5 Å². The Kier molecular flexibility index (Phi) is 5.58. The standard InChI is InChI=1S/C19H21NO5S/c21-13-20-17-11-10-15(26(22,23)24)12-19(17)25-18-9-5-4-8-16(18)14-6-2-1-3-7-14/h4-5,8-14H,1-3,6-7H2,(H,20,21)(H,22,23,24). The Balaban J connectivity index is 1.99. The van der Waals surface area contributed by atoms with Gasteiger partial charge in [-0.05, 0) is 42.5 Å². The predicted octanol–water partition coefficient (Wildman–Crippen LogP) is 4.34. The van der Waals surface area contributed by atoms with Gasteiger partial charge in [-0.3, -0.25) is 9.35 Å². The Morgan fingerprint density at radius 3 is 2.46 bits per heavy atom. The van der Waals surface area contributed by atoms with Crippen LogP contribution in [0, 0.1) is 0 Å². The smallest absolute Gasteiger partial charge is 0.294 e. The quantitative estimate of drug-likeness (QED) is 0.579. The van der Waals surface area contributed by atoms with E-state index >= 15 is 0 Å². The molecule has 1 amide bonds. The maximum atomic E-state index is 11.4. The van der Waals surface area contributed by atoms with Gasteiger partial charge in [-0.15, -0.1) is 0 Å². The molecule has 0 heterocycles. The lowest BCUT2D eigenvalue weighted by atomic mass is 9.84. The van der Waals surface area contributed by atoms with Gasteiger partial charge in [-0.25, -0.2) is 0 Å². The lowest BCUT2D eigenvalue weighted by Crippen LogP contribution is -2.07. The summed E-state index contributed by atoms with van der Waals surface area (Å²) < 4.78 is 38.1. The van der Waals surface area contributed by atoms with Crippen LogP contribution < -0.4 is 10.1 Å². The first-order valence-corrected chi connectivity index (χ1v) is 10.0. The molecule has 3 rings (SSSR count). The predicted molar refractivity (Wildman–Crippen MR) is 98.3 cm³/mol. The monoisotopic (exact) mass is 375 g/mol. The van der Waals surface area contributed by atoms with Crippen LogP contribution in [-0.2, 0) is 14.9 Å². The Labute approximate surface area is 152 Å². The minimum Gasteiger partial charge on any atom is -0.455 e. The Morgan fingerprint density at radius 1 is 1.04 bits per heavy atom.